The average molecular weight is 535 g/mol. The van der Waals surface area contributed by atoms with Gasteiger partial charge in [0.2, 0.25) is 0 Å². The summed E-state index contributed by atoms with van der Waals surface area (Å²) in [5.74, 6) is -0.233. The van der Waals surface area contributed by atoms with Crippen molar-refractivity contribution in [1.82, 2.24) is 10.6 Å². The zero-order chi connectivity index (χ0) is 21.4. The zero-order valence-electron chi connectivity index (χ0n) is 17.4. The number of guanidine groups is 1. The molecule has 0 saturated carbocycles. The van der Waals surface area contributed by atoms with Crippen LogP contribution in [-0.4, -0.2) is 38.4 Å². The van der Waals surface area contributed by atoms with Crippen molar-refractivity contribution in [2.24, 2.45) is 4.99 Å². The molecule has 0 fully saturated rings. The van der Waals surface area contributed by atoms with E-state index in [1.165, 1.54) is 13.2 Å². The third kappa shape index (κ3) is 6.98. The summed E-state index contributed by atoms with van der Waals surface area (Å²) in [4.78, 5) is 4.41. The number of halogens is 3. The van der Waals surface area contributed by atoms with Crippen LogP contribution in [0, 0.1) is 11.6 Å². The Hall–Kier alpha value is -2.14. The molecule has 0 saturated heterocycles. The molecule has 166 valence electrons. The van der Waals surface area contributed by atoms with Crippen LogP contribution < -0.4 is 20.1 Å². The monoisotopic (exact) mass is 535 g/mol. The van der Waals surface area contributed by atoms with Crippen LogP contribution in [0.3, 0.4) is 0 Å². The van der Waals surface area contributed by atoms with Gasteiger partial charge in [-0.25, -0.2) is 8.78 Å². The second kappa shape index (κ2) is 12.5. The first kappa shape index (κ1) is 25.9. The van der Waals surface area contributed by atoms with Crippen LogP contribution in [-0.2, 0) is 0 Å². The number of methoxy groups -OCH3 is 2. The van der Waals surface area contributed by atoms with Crippen molar-refractivity contribution in [3.63, 3.8) is 0 Å². The summed E-state index contributed by atoms with van der Waals surface area (Å²) >= 11 is 0. The van der Waals surface area contributed by atoms with Gasteiger partial charge in [0.25, 0.3) is 0 Å². The molecule has 0 aromatic heterocycles. The predicted molar refractivity (Wildman–Crippen MR) is 124 cm³/mol. The third-order valence-corrected chi connectivity index (χ3v) is 4.36. The van der Waals surface area contributed by atoms with Crippen LogP contribution in [0.2, 0.25) is 0 Å². The number of aliphatic hydroxyl groups excluding tert-OH is 1. The summed E-state index contributed by atoms with van der Waals surface area (Å²) in [6.45, 7) is 4.36. The molecule has 0 spiro atoms. The van der Waals surface area contributed by atoms with E-state index in [9.17, 15) is 13.9 Å². The molecule has 0 amide bonds. The molecule has 9 heteroatoms. The van der Waals surface area contributed by atoms with E-state index < -0.39 is 17.7 Å². The second-order valence-electron chi connectivity index (χ2n) is 6.38. The molecule has 2 atom stereocenters. The van der Waals surface area contributed by atoms with Gasteiger partial charge in [-0.2, -0.15) is 0 Å². The maximum atomic E-state index is 13.5. The maximum absolute atomic E-state index is 13.5. The molecule has 0 radical (unpaired) electrons. The van der Waals surface area contributed by atoms with E-state index in [2.05, 4.69) is 15.6 Å². The van der Waals surface area contributed by atoms with Crippen molar-refractivity contribution >= 4 is 29.9 Å². The first-order chi connectivity index (χ1) is 13.9. The predicted octanol–water partition coefficient (Wildman–Crippen LogP) is 3.95. The quantitative estimate of drug-likeness (QED) is 0.271. The minimum absolute atomic E-state index is 0. The zero-order valence-corrected chi connectivity index (χ0v) is 19.7. The fourth-order valence-corrected chi connectivity index (χ4v) is 2.77. The summed E-state index contributed by atoms with van der Waals surface area (Å²) in [6, 6.07) is 8.58. The standard InChI is InChI=1S/C21H27F2N3O3.HI/c1-5-24-21(26-13(2)14-6-8-17(22)18(23)10-14)25-12-19(27)16-11-15(28-3)7-9-20(16)29-4;/h6-11,13,19,27H,5,12H2,1-4H3,(H2,24,25,26);1H. The molecule has 0 bridgehead atoms. The summed E-state index contributed by atoms with van der Waals surface area (Å²) in [6.07, 6.45) is -0.922. The van der Waals surface area contributed by atoms with Crippen molar-refractivity contribution in [1.29, 1.82) is 0 Å². The second-order valence-corrected chi connectivity index (χ2v) is 6.38. The molecule has 0 aliphatic carbocycles. The molecular formula is C21H28F2IN3O3. The molecule has 2 rings (SSSR count). The largest absolute Gasteiger partial charge is 0.497 e. The van der Waals surface area contributed by atoms with Crippen molar-refractivity contribution in [2.45, 2.75) is 26.0 Å². The van der Waals surface area contributed by atoms with Gasteiger partial charge in [-0.15, -0.1) is 24.0 Å². The minimum Gasteiger partial charge on any atom is -0.497 e. The molecule has 6 nitrogen and oxygen atoms in total. The van der Waals surface area contributed by atoms with Gasteiger partial charge >= 0.3 is 0 Å². The average Bonchev–Trinajstić information content (AvgIpc) is 2.73. The lowest BCUT2D eigenvalue weighted by Crippen LogP contribution is -2.39. The van der Waals surface area contributed by atoms with E-state index in [0.717, 1.165) is 12.1 Å². The van der Waals surface area contributed by atoms with Crippen molar-refractivity contribution < 1.29 is 23.4 Å². The van der Waals surface area contributed by atoms with Gasteiger partial charge in [0, 0.05) is 12.1 Å². The highest BCUT2D eigenvalue weighted by Crippen LogP contribution is 2.29. The molecule has 30 heavy (non-hydrogen) atoms. The van der Waals surface area contributed by atoms with Crippen molar-refractivity contribution in [3.8, 4) is 11.5 Å². The lowest BCUT2D eigenvalue weighted by Gasteiger charge is -2.19. The van der Waals surface area contributed by atoms with Gasteiger partial charge in [0.05, 0.1) is 26.8 Å². The van der Waals surface area contributed by atoms with Crippen LogP contribution in [0.4, 0.5) is 8.78 Å². The van der Waals surface area contributed by atoms with Gasteiger partial charge in [-0.3, -0.25) is 4.99 Å². The number of nitrogens with zero attached hydrogens (tertiary/aromatic N) is 1. The van der Waals surface area contributed by atoms with E-state index in [-0.39, 0.29) is 36.6 Å². The Balaban J connectivity index is 0.00000450. The fraction of sp³-hybridized carbons (Fsp3) is 0.381. The van der Waals surface area contributed by atoms with Crippen LogP contribution in [0.25, 0.3) is 0 Å². The highest BCUT2D eigenvalue weighted by molar-refractivity contribution is 14.0. The van der Waals surface area contributed by atoms with E-state index >= 15 is 0 Å². The molecule has 3 N–H and O–H groups in total. The molecule has 2 unspecified atom stereocenters. The van der Waals surface area contributed by atoms with Crippen LogP contribution in [0.5, 0.6) is 11.5 Å². The maximum Gasteiger partial charge on any atom is 0.191 e. The first-order valence-electron chi connectivity index (χ1n) is 9.29. The lowest BCUT2D eigenvalue weighted by molar-refractivity contribution is 0.182. The smallest absolute Gasteiger partial charge is 0.191 e. The third-order valence-electron chi connectivity index (χ3n) is 4.36. The van der Waals surface area contributed by atoms with E-state index in [1.54, 1.807) is 32.2 Å². The van der Waals surface area contributed by atoms with Gasteiger partial charge in [0.1, 0.15) is 17.6 Å². The Bertz CT molecular complexity index is 852. The summed E-state index contributed by atoms with van der Waals surface area (Å²) in [5, 5.41) is 16.8. The van der Waals surface area contributed by atoms with Crippen molar-refractivity contribution in [2.75, 3.05) is 27.3 Å². The Morgan fingerprint density at radius 1 is 1.10 bits per heavy atom. The number of rotatable bonds is 8. The normalized spacial score (nSPS) is 13.1. The number of ether oxygens (including phenoxy) is 2. The molecular weight excluding hydrogens is 507 g/mol. The topological polar surface area (TPSA) is 75.1 Å². The van der Waals surface area contributed by atoms with Gasteiger partial charge in [-0.1, -0.05) is 6.07 Å². The Labute approximate surface area is 192 Å². The number of hydrogen-bond donors (Lipinski definition) is 3. The number of aliphatic hydroxyl groups is 1. The van der Waals surface area contributed by atoms with E-state index in [4.69, 9.17) is 9.47 Å². The number of aliphatic imine (C=N–C) groups is 1. The number of nitrogens with one attached hydrogen (secondary N) is 2. The lowest BCUT2D eigenvalue weighted by atomic mass is 10.1. The highest BCUT2D eigenvalue weighted by Gasteiger charge is 2.16. The fourth-order valence-electron chi connectivity index (χ4n) is 2.77. The Morgan fingerprint density at radius 2 is 1.83 bits per heavy atom. The Kier molecular flexibility index (Phi) is 10.8. The van der Waals surface area contributed by atoms with Gasteiger partial charge in [0.15, 0.2) is 17.6 Å². The molecule has 0 aliphatic rings. The van der Waals surface area contributed by atoms with Crippen molar-refractivity contribution in [3.05, 3.63) is 59.2 Å². The molecule has 2 aromatic rings. The summed E-state index contributed by atoms with van der Waals surface area (Å²) in [5.41, 5.74) is 1.13. The highest BCUT2D eigenvalue weighted by atomic mass is 127. The SMILES string of the molecule is CCNC(=NCC(O)c1cc(OC)ccc1OC)NC(C)c1ccc(F)c(F)c1.I. The van der Waals surface area contributed by atoms with E-state index in [1.807, 2.05) is 6.92 Å². The number of hydrogen-bond acceptors (Lipinski definition) is 4. The first-order valence-corrected chi connectivity index (χ1v) is 9.29. The molecule has 0 aliphatic heterocycles. The van der Waals surface area contributed by atoms with Crippen LogP contribution in [0.1, 0.15) is 37.1 Å². The Morgan fingerprint density at radius 3 is 2.43 bits per heavy atom. The summed E-state index contributed by atoms with van der Waals surface area (Å²) in [7, 11) is 3.07. The van der Waals surface area contributed by atoms with Gasteiger partial charge < -0.3 is 25.2 Å². The van der Waals surface area contributed by atoms with Crippen LogP contribution >= 0.6 is 24.0 Å². The minimum atomic E-state index is -0.922. The summed E-state index contributed by atoms with van der Waals surface area (Å²) < 4.78 is 37.2. The molecule has 2 aromatic carbocycles. The van der Waals surface area contributed by atoms with Gasteiger partial charge in [-0.05, 0) is 49.7 Å². The number of benzene rings is 2. The molecule has 0 heterocycles. The van der Waals surface area contributed by atoms with Crippen LogP contribution in [0.15, 0.2) is 41.4 Å². The van der Waals surface area contributed by atoms with E-state index in [0.29, 0.717) is 35.1 Å².